The molecule has 0 bridgehead atoms. The molecule has 0 spiro atoms. The average Bonchev–Trinajstić information content (AvgIpc) is 2.90. The Hall–Kier alpha value is -1.00. The standard InChI is InChI=1S/C16H22F2N2/c1-10-6-15(18)13(7-14(10)17)11(2)20-5-3-4-12-8-19-9-16(12)20/h6-7,11-12,16,19H,3-5,8-9H2,1-2H3. The fraction of sp³-hybridized carbons (Fsp3) is 0.625. The van der Waals surface area contributed by atoms with Gasteiger partial charge in [0.25, 0.3) is 0 Å². The lowest BCUT2D eigenvalue weighted by atomic mass is 9.89. The Kier molecular flexibility index (Phi) is 3.78. The molecular formula is C16H22F2N2. The van der Waals surface area contributed by atoms with E-state index >= 15 is 0 Å². The van der Waals surface area contributed by atoms with Crippen LogP contribution in [0.15, 0.2) is 12.1 Å². The third kappa shape index (κ3) is 2.35. The van der Waals surface area contributed by atoms with Crippen molar-refractivity contribution in [1.29, 1.82) is 0 Å². The molecule has 1 aromatic rings. The van der Waals surface area contributed by atoms with Crippen LogP contribution in [0.4, 0.5) is 8.78 Å². The van der Waals surface area contributed by atoms with E-state index in [-0.39, 0.29) is 17.7 Å². The van der Waals surface area contributed by atoms with Crippen molar-refractivity contribution in [3.8, 4) is 0 Å². The summed E-state index contributed by atoms with van der Waals surface area (Å²) in [5.74, 6) is 0.0559. The minimum absolute atomic E-state index is 0.0715. The van der Waals surface area contributed by atoms with Gasteiger partial charge in [0.05, 0.1) is 0 Å². The number of nitrogens with one attached hydrogen (secondary N) is 1. The van der Waals surface area contributed by atoms with Crippen LogP contribution in [0.25, 0.3) is 0 Å². The smallest absolute Gasteiger partial charge is 0.128 e. The average molecular weight is 280 g/mol. The number of aryl methyl sites for hydroxylation is 1. The van der Waals surface area contributed by atoms with Crippen molar-refractivity contribution in [2.45, 2.75) is 38.8 Å². The molecular weight excluding hydrogens is 258 g/mol. The Morgan fingerprint density at radius 1 is 1.25 bits per heavy atom. The first-order chi connectivity index (χ1) is 9.58. The maximum Gasteiger partial charge on any atom is 0.128 e. The van der Waals surface area contributed by atoms with E-state index in [9.17, 15) is 8.78 Å². The van der Waals surface area contributed by atoms with Crippen molar-refractivity contribution in [3.63, 3.8) is 0 Å². The molecule has 1 aromatic carbocycles. The zero-order valence-electron chi connectivity index (χ0n) is 12.1. The summed E-state index contributed by atoms with van der Waals surface area (Å²) in [6.45, 7) is 6.58. The van der Waals surface area contributed by atoms with E-state index in [0.717, 1.165) is 26.1 Å². The van der Waals surface area contributed by atoms with Crippen LogP contribution >= 0.6 is 0 Å². The van der Waals surface area contributed by atoms with Crippen LogP contribution in [0.1, 0.15) is 36.9 Å². The summed E-state index contributed by atoms with van der Waals surface area (Å²) in [4.78, 5) is 2.35. The van der Waals surface area contributed by atoms with Gasteiger partial charge in [-0.3, -0.25) is 4.90 Å². The molecule has 0 amide bonds. The summed E-state index contributed by atoms with van der Waals surface area (Å²) in [7, 11) is 0. The van der Waals surface area contributed by atoms with E-state index < -0.39 is 0 Å². The molecule has 20 heavy (non-hydrogen) atoms. The number of halogens is 2. The van der Waals surface area contributed by atoms with Gasteiger partial charge in [0.15, 0.2) is 0 Å². The van der Waals surface area contributed by atoms with Crippen LogP contribution < -0.4 is 5.32 Å². The monoisotopic (exact) mass is 280 g/mol. The van der Waals surface area contributed by atoms with Crippen LogP contribution in [0, 0.1) is 24.5 Å². The van der Waals surface area contributed by atoms with E-state index in [1.807, 2.05) is 6.92 Å². The van der Waals surface area contributed by atoms with E-state index in [2.05, 4.69) is 10.2 Å². The fourth-order valence-corrected chi connectivity index (χ4v) is 3.75. The van der Waals surface area contributed by atoms with Crippen molar-refractivity contribution in [1.82, 2.24) is 10.2 Å². The lowest BCUT2D eigenvalue weighted by molar-refractivity contribution is 0.0829. The molecule has 0 radical (unpaired) electrons. The second kappa shape index (κ2) is 5.41. The van der Waals surface area contributed by atoms with Crippen LogP contribution in [0.2, 0.25) is 0 Å². The highest BCUT2D eigenvalue weighted by Gasteiger charge is 2.37. The molecule has 0 aliphatic carbocycles. The summed E-state index contributed by atoms with van der Waals surface area (Å²) in [6, 6.07) is 3.08. The molecule has 3 unspecified atom stereocenters. The topological polar surface area (TPSA) is 15.3 Å². The minimum atomic E-state index is -0.314. The second-order valence-electron chi connectivity index (χ2n) is 6.16. The van der Waals surface area contributed by atoms with Crippen molar-refractivity contribution in [2.24, 2.45) is 5.92 Å². The Morgan fingerprint density at radius 2 is 2.05 bits per heavy atom. The number of hydrogen-bond donors (Lipinski definition) is 1. The number of nitrogens with zero attached hydrogens (tertiary/aromatic N) is 1. The number of piperidine rings is 1. The van der Waals surface area contributed by atoms with Gasteiger partial charge in [0.2, 0.25) is 0 Å². The highest BCUT2D eigenvalue weighted by Crippen LogP contribution is 2.34. The van der Waals surface area contributed by atoms with E-state index in [0.29, 0.717) is 23.1 Å². The molecule has 0 aromatic heterocycles. The molecule has 2 nitrogen and oxygen atoms in total. The lowest BCUT2D eigenvalue weighted by Gasteiger charge is -2.41. The number of rotatable bonds is 2. The molecule has 2 saturated heterocycles. The molecule has 2 aliphatic rings. The minimum Gasteiger partial charge on any atom is -0.315 e. The predicted octanol–water partition coefficient (Wildman–Crippen LogP) is 3.02. The van der Waals surface area contributed by atoms with Gasteiger partial charge in [-0.15, -0.1) is 0 Å². The van der Waals surface area contributed by atoms with Gasteiger partial charge in [0, 0.05) is 24.2 Å². The first-order valence-electron chi connectivity index (χ1n) is 7.50. The van der Waals surface area contributed by atoms with E-state index in [1.165, 1.54) is 18.6 Å². The van der Waals surface area contributed by atoms with Crippen molar-refractivity contribution in [3.05, 3.63) is 34.9 Å². The zero-order valence-corrected chi connectivity index (χ0v) is 12.1. The highest BCUT2D eigenvalue weighted by atomic mass is 19.1. The highest BCUT2D eigenvalue weighted by molar-refractivity contribution is 5.27. The third-order valence-electron chi connectivity index (χ3n) is 4.95. The molecule has 3 atom stereocenters. The van der Waals surface area contributed by atoms with Crippen LogP contribution in [0.3, 0.4) is 0 Å². The van der Waals surface area contributed by atoms with Gasteiger partial charge >= 0.3 is 0 Å². The van der Waals surface area contributed by atoms with E-state index in [4.69, 9.17) is 0 Å². The fourth-order valence-electron chi connectivity index (χ4n) is 3.75. The van der Waals surface area contributed by atoms with Gasteiger partial charge in [-0.25, -0.2) is 8.78 Å². The number of likely N-dealkylation sites (tertiary alicyclic amines) is 1. The van der Waals surface area contributed by atoms with Gasteiger partial charge in [-0.1, -0.05) is 0 Å². The molecule has 3 rings (SSSR count). The van der Waals surface area contributed by atoms with Crippen molar-refractivity contribution < 1.29 is 8.78 Å². The summed E-state index contributed by atoms with van der Waals surface area (Å²) in [5, 5.41) is 3.43. The molecule has 4 heteroatoms. The summed E-state index contributed by atoms with van der Waals surface area (Å²) < 4.78 is 27.9. The van der Waals surface area contributed by atoms with Gasteiger partial charge in [-0.2, -0.15) is 0 Å². The summed E-state index contributed by atoms with van der Waals surface area (Å²) in [6.07, 6.45) is 2.38. The van der Waals surface area contributed by atoms with Crippen LogP contribution in [0.5, 0.6) is 0 Å². The van der Waals surface area contributed by atoms with Crippen molar-refractivity contribution in [2.75, 3.05) is 19.6 Å². The quantitative estimate of drug-likeness (QED) is 0.896. The van der Waals surface area contributed by atoms with Crippen molar-refractivity contribution >= 4 is 0 Å². The normalized spacial score (nSPS) is 28.4. The van der Waals surface area contributed by atoms with Crippen LogP contribution in [-0.4, -0.2) is 30.6 Å². The maximum atomic E-state index is 14.2. The van der Waals surface area contributed by atoms with Crippen LogP contribution in [-0.2, 0) is 0 Å². The predicted molar refractivity (Wildman–Crippen MR) is 75.6 cm³/mol. The second-order valence-corrected chi connectivity index (χ2v) is 6.16. The lowest BCUT2D eigenvalue weighted by Crippen LogP contribution is -2.46. The zero-order chi connectivity index (χ0) is 14.3. The van der Waals surface area contributed by atoms with E-state index in [1.54, 1.807) is 6.92 Å². The first-order valence-corrected chi connectivity index (χ1v) is 7.50. The Balaban J connectivity index is 1.88. The maximum absolute atomic E-state index is 14.2. The van der Waals surface area contributed by atoms with Gasteiger partial charge in [-0.05, 0) is 63.4 Å². The van der Waals surface area contributed by atoms with Gasteiger partial charge < -0.3 is 5.32 Å². The van der Waals surface area contributed by atoms with Gasteiger partial charge in [0.1, 0.15) is 11.6 Å². The molecule has 2 aliphatic heterocycles. The Labute approximate surface area is 119 Å². The molecule has 110 valence electrons. The Morgan fingerprint density at radius 3 is 2.85 bits per heavy atom. The third-order valence-corrected chi connectivity index (χ3v) is 4.95. The number of hydrogen-bond acceptors (Lipinski definition) is 2. The number of fused-ring (bicyclic) bond motifs is 1. The summed E-state index contributed by atoms with van der Waals surface area (Å²) >= 11 is 0. The largest absolute Gasteiger partial charge is 0.315 e. The molecule has 1 N–H and O–H groups in total. The summed E-state index contributed by atoms with van der Waals surface area (Å²) in [5.41, 5.74) is 0.859. The molecule has 2 heterocycles. The first kappa shape index (κ1) is 14.0. The molecule has 2 fully saturated rings. The number of benzene rings is 1. The molecule has 0 saturated carbocycles. The SMILES string of the molecule is Cc1cc(F)c(C(C)N2CCCC3CNCC32)cc1F. The Bertz CT molecular complexity index is 503.